The van der Waals surface area contributed by atoms with Crippen molar-refractivity contribution in [2.24, 2.45) is 0 Å². The number of benzene rings is 1. The molecule has 1 aromatic carbocycles. The van der Waals surface area contributed by atoms with Crippen molar-refractivity contribution in [3.63, 3.8) is 0 Å². The Morgan fingerprint density at radius 3 is 2.79 bits per heavy atom. The summed E-state index contributed by atoms with van der Waals surface area (Å²) in [6.07, 6.45) is 0.203. The number of rotatable bonds is 4. The van der Waals surface area contributed by atoms with E-state index in [1.807, 2.05) is 13.8 Å². The molecule has 0 aliphatic rings. The molecule has 0 atom stereocenters. The summed E-state index contributed by atoms with van der Waals surface area (Å²) in [5.74, 6) is 0.495. The Bertz CT molecular complexity index is 563. The van der Waals surface area contributed by atoms with Gasteiger partial charge in [-0.1, -0.05) is 22.8 Å². The van der Waals surface area contributed by atoms with Gasteiger partial charge in [0.05, 0.1) is 5.54 Å². The van der Waals surface area contributed by atoms with E-state index in [9.17, 15) is 4.39 Å². The molecule has 0 spiro atoms. The molecule has 2 rings (SSSR count). The Morgan fingerprint density at radius 1 is 1.42 bits per heavy atom. The van der Waals surface area contributed by atoms with Crippen LogP contribution >= 0.6 is 11.6 Å². The first kappa shape index (κ1) is 14.0. The molecule has 0 amide bonds. The summed E-state index contributed by atoms with van der Waals surface area (Å²) in [7, 11) is 1.80. The molecule has 0 bridgehead atoms. The molecular weight excluding hydrogens is 269 g/mol. The lowest BCUT2D eigenvalue weighted by Crippen LogP contribution is -2.33. The zero-order chi connectivity index (χ0) is 14.0. The van der Waals surface area contributed by atoms with Crippen molar-refractivity contribution in [3.8, 4) is 0 Å². The van der Waals surface area contributed by atoms with E-state index in [2.05, 4.69) is 15.5 Å². The highest BCUT2D eigenvalue weighted by atomic mass is 35.5. The van der Waals surface area contributed by atoms with E-state index in [0.717, 1.165) is 0 Å². The van der Waals surface area contributed by atoms with Gasteiger partial charge in [-0.2, -0.15) is 4.98 Å². The summed E-state index contributed by atoms with van der Waals surface area (Å²) < 4.78 is 18.8. The van der Waals surface area contributed by atoms with E-state index in [1.54, 1.807) is 19.2 Å². The van der Waals surface area contributed by atoms with Gasteiger partial charge in [0, 0.05) is 17.0 Å². The predicted molar refractivity (Wildman–Crippen MR) is 70.6 cm³/mol. The van der Waals surface area contributed by atoms with Crippen molar-refractivity contribution in [2.75, 3.05) is 7.05 Å². The maximum atomic E-state index is 13.7. The van der Waals surface area contributed by atoms with Crippen LogP contribution in [0.3, 0.4) is 0 Å². The van der Waals surface area contributed by atoms with Crippen LogP contribution < -0.4 is 5.32 Å². The molecular formula is C13H15ClFN3O. The van der Waals surface area contributed by atoms with E-state index in [4.69, 9.17) is 16.1 Å². The van der Waals surface area contributed by atoms with Crippen LogP contribution in [0.15, 0.2) is 22.7 Å². The van der Waals surface area contributed by atoms with Crippen molar-refractivity contribution in [3.05, 3.63) is 46.3 Å². The van der Waals surface area contributed by atoms with E-state index in [-0.39, 0.29) is 12.2 Å². The molecule has 4 nitrogen and oxygen atoms in total. The van der Waals surface area contributed by atoms with Gasteiger partial charge >= 0.3 is 0 Å². The van der Waals surface area contributed by atoms with E-state index in [0.29, 0.717) is 22.3 Å². The highest BCUT2D eigenvalue weighted by Crippen LogP contribution is 2.23. The summed E-state index contributed by atoms with van der Waals surface area (Å²) in [5, 5.41) is 7.28. The summed E-state index contributed by atoms with van der Waals surface area (Å²) in [4.78, 5) is 4.26. The maximum absolute atomic E-state index is 13.7. The molecule has 102 valence electrons. The van der Waals surface area contributed by atoms with Crippen LogP contribution in [0.25, 0.3) is 0 Å². The van der Waals surface area contributed by atoms with E-state index in [1.165, 1.54) is 6.07 Å². The highest BCUT2D eigenvalue weighted by molar-refractivity contribution is 6.31. The van der Waals surface area contributed by atoms with Crippen LogP contribution in [0.1, 0.15) is 31.1 Å². The zero-order valence-corrected chi connectivity index (χ0v) is 11.8. The van der Waals surface area contributed by atoms with Crippen molar-refractivity contribution < 1.29 is 8.91 Å². The first-order chi connectivity index (χ1) is 8.94. The molecule has 0 aliphatic carbocycles. The second-order valence-corrected chi connectivity index (χ2v) is 5.17. The van der Waals surface area contributed by atoms with Crippen LogP contribution in [0.2, 0.25) is 5.02 Å². The number of aromatic nitrogens is 2. The number of halogens is 2. The third kappa shape index (κ3) is 2.93. The lowest BCUT2D eigenvalue weighted by Gasteiger charge is -2.17. The Labute approximate surface area is 116 Å². The molecule has 0 aliphatic heterocycles. The maximum Gasteiger partial charge on any atom is 0.246 e. The van der Waals surface area contributed by atoms with Crippen LogP contribution in [0.5, 0.6) is 0 Å². The van der Waals surface area contributed by atoms with Gasteiger partial charge in [0.25, 0.3) is 0 Å². The van der Waals surface area contributed by atoms with Crippen molar-refractivity contribution in [2.45, 2.75) is 25.8 Å². The van der Waals surface area contributed by atoms with Gasteiger partial charge in [-0.25, -0.2) is 4.39 Å². The molecule has 2 aromatic rings. The Kier molecular flexibility index (Phi) is 3.87. The summed E-state index contributed by atoms with van der Waals surface area (Å²) >= 11 is 5.96. The van der Waals surface area contributed by atoms with Crippen LogP contribution in [0.4, 0.5) is 4.39 Å². The molecule has 1 N–H and O–H groups in total. The Morgan fingerprint density at radius 2 is 2.16 bits per heavy atom. The zero-order valence-electron chi connectivity index (χ0n) is 11.0. The normalized spacial score (nSPS) is 11.8. The fourth-order valence-corrected chi connectivity index (χ4v) is 1.78. The van der Waals surface area contributed by atoms with Gasteiger partial charge < -0.3 is 9.84 Å². The summed E-state index contributed by atoms with van der Waals surface area (Å²) in [5.41, 5.74) is -0.0524. The first-order valence-electron chi connectivity index (χ1n) is 5.89. The van der Waals surface area contributed by atoms with Crippen molar-refractivity contribution >= 4 is 11.6 Å². The molecule has 0 radical (unpaired) electrons. The summed E-state index contributed by atoms with van der Waals surface area (Å²) in [6, 6.07) is 4.56. The quantitative estimate of drug-likeness (QED) is 0.937. The first-order valence-corrected chi connectivity index (χ1v) is 6.26. The lowest BCUT2D eigenvalue weighted by molar-refractivity contribution is 0.279. The highest BCUT2D eigenvalue weighted by Gasteiger charge is 2.25. The molecule has 19 heavy (non-hydrogen) atoms. The minimum Gasteiger partial charge on any atom is -0.337 e. The molecule has 6 heteroatoms. The van der Waals surface area contributed by atoms with Crippen LogP contribution in [0, 0.1) is 5.82 Å². The summed E-state index contributed by atoms with van der Waals surface area (Å²) in [6.45, 7) is 3.83. The minimum atomic E-state index is -0.426. The monoisotopic (exact) mass is 283 g/mol. The van der Waals surface area contributed by atoms with Gasteiger partial charge in [0.15, 0.2) is 5.82 Å². The Hall–Kier alpha value is -1.46. The number of hydrogen-bond donors (Lipinski definition) is 1. The average molecular weight is 284 g/mol. The fourth-order valence-electron chi connectivity index (χ4n) is 1.55. The molecule has 1 heterocycles. The Balaban J connectivity index is 2.26. The van der Waals surface area contributed by atoms with Crippen molar-refractivity contribution in [1.29, 1.82) is 0 Å². The fraction of sp³-hybridized carbons (Fsp3) is 0.385. The largest absolute Gasteiger partial charge is 0.337 e. The van der Waals surface area contributed by atoms with Gasteiger partial charge in [0.1, 0.15) is 5.82 Å². The van der Waals surface area contributed by atoms with E-state index < -0.39 is 5.54 Å². The van der Waals surface area contributed by atoms with Crippen molar-refractivity contribution in [1.82, 2.24) is 15.5 Å². The third-order valence-electron chi connectivity index (χ3n) is 3.02. The van der Waals surface area contributed by atoms with Gasteiger partial charge in [0.2, 0.25) is 5.89 Å². The number of nitrogens with zero attached hydrogens (tertiary/aromatic N) is 2. The van der Waals surface area contributed by atoms with Gasteiger partial charge in [-0.3, -0.25) is 0 Å². The average Bonchev–Trinajstić information content (AvgIpc) is 2.83. The third-order valence-corrected chi connectivity index (χ3v) is 3.38. The van der Waals surface area contributed by atoms with Gasteiger partial charge in [-0.15, -0.1) is 0 Å². The van der Waals surface area contributed by atoms with Gasteiger partial charge in [-0.05, 0) is 33.0 Å². The topological polar surface area (TPSA) is 51.0 Å². The lowest BCUT2D eigenvalue weighted by atomic mass is 10.1. The van der Waals surface area contributed by atoms with Crippen LogP contribution in [-0.4, -0.2) is 17.2 Å². The van der Waals surface area contributed by atoms with Crippen LogP contribution in [-0.2, 0) is 12.0 Å². The SMILES string of the molecule is CNC(C)(C)c1nc(Cc2c(F)cccc2Cl)no1. The molecule has 1 aromatic heterocycles. The number of nitrogens with one attached hydrogen (secondary N) is 1. The standard InChI is InChI=1S/C13H15ClFN3O/c1-13(2,16-3)12-17-11(18-19-12)7-8-9(14)5-4-6-10(8)15/h4-6,16H,7H2,1-3H3. The molecule has 0 saturated carbocycles. The number of hydrogen-bond acceptors (Lipinski definition) is 4. The smallest absolute Gasteiger partial charge is 0.246 e. The minimum absolute atomic E-state index is 0.203. The molecule has 0 fully saturated rings. The molecule has 0 saturated heterocycles. The second kappa shape index (κ2) is 5.27. The predicted octanol–water partition coefficient (Wildman–Crippen LogP) is 2.91. The second-order valence-electron chi connectivity index (χ2n) is 4.77. The van der Waals surface area contributed by atoms with E-state index >= 15 is 0 Å². The molecule has 0 unspecified atom stereocenters.